The molecule has 0 bridgehead atoms. The Labute approximate surface area is 141 Å². The van der Waals surface area contributed by atoms with Gasteiger partial charge in [0.05, 0.1) is 24.5 Å². The Bertz CT molecular complexity index is 921. The number of hydrogen-bond donors (Lipinski definition) is 0. The lowest BCUT2D eigenvalue weighted by Crippen LogP contribution is -2.23. The molecule has 1 amide bonds. The van der Waals surface area contributed by atoms with E-state index in [4.69, 9.17) is 5.10 Å². The number of amides is 1. The van der Waals surface area contributed by atoms with Crippen molar-refractivity contribution in [1.82, 2.24) is 19.2 Å². The molecule has 0 saturated carbocycles. The Morgan fingerprint density at radius 2 is 1.83 bits per heavy atom. The van der Waals surface area contributed by atoms with Crippen molar-refractivity contribution in [1.29, 1.82) is 0 Å². The summed E-state index contributed by atoms with van der Waals surface area (Å²) in [6, 6.07) is 10.4. The first-order chi connectivity index (χ1) is 11.5. The van der Waals surface area contributed by atoms with Crippen molar-refractivity contribution >= 4 is 5.91 Å². The van der Waals surface area contributed by atoms with Gasteiger partial charge in [0.25, 0.3) is 0 Å². The van der Waals surface area contributed by atoms with Crippen molar-refractivity contribution < 1.29 is 4.79 Å². The lowest BCUT2D eigenvalue weighted by Gasteiger charge is -2.16. The van der Waals surface area contributed by atoms with Gasteiger partial charge in [0.2, 0.25) is 5.91 Å². The fraction of sp³-hybridized carbons (Fsp3) is 0.263. The zero-order valence-electron chi connectivity index (χ0n) is 14.2. The number of aromatic nitrogens is 3. The number of hydrogen-bond acceptors (Lipinski definition) is 2. The average Bonchev–Trinajstić information content (AvgIpc) is 3.23. The van der Waals surface area contributed by atoms with E-state index in [1.165, 1.54) is 11.1 Å². The average molecular weight is 320 g/mol. The van der Waals surface area contributed by atoms with Crippen molar-refractivity contribution in [3.63, 3.8) is 0 Å². The second kappa shape index (κ2) is 5.37. The Kier molecular flexibility index (Phi) is 3.30. The summed E-state index contributed by atoms with van der Waals surface area (Å²) in [7, 11) is 0. The second-order valence-corrected chi connectivity index (χ2v) is 6.39. The molecule has 0 radical (unpaired) electrons. The summed E-state index contributed by atoms with van der Waals surface area (Å²) >= 11 is 0. The van der Waals surface area contributed by atoms with E-state index in [0.29, 0.717) is 13.1 Å². The van der Waals surface area contributed by atoms with Gasteiger partial charge in [-0.25, -0.2) is 4.68 Å². The monoisotopic (exact) mass is 320 g/mol. The van der Waals surface area contributed by atoms with Crippen LogP contribution in [-0.2, 0) is 17.9 Å². The van der Waals surface area contributed by atoms with Crippen molar-refractivity contribution in [2.45, 2.75) is 33.9 Å². The van der Waals surface area contributed by atoms with Crippen LogP contribution in [0.25, 0.3) is 11.5 Å². The number of carbonyl (C=O) groups excluding carboxylic acids is 1. The molecular formula is C19H20N4O. The number of fused-ring (bicyclic) bond motifs is 1. The lowest BCUT2D eigenvalue weighted by atomic mass is 10.1. The highest BCUT2D eigenvalue weighted by Gasteiger charge is 2.29. The van der Waals surface area contributed by atoms with E-state index in [1.807, 2.05) is 34.1 Å². The molecule has 0 N–H and O–H groups in total. The minimum atomic E-state index is 0.0872. The highest BCUT2D eigenvalue weighted by atomic mass is 16.2. The van der Waals surface area contributed by atoms with Gasteiger partial charge in [-0.05, 0) is 49.2 Å². The Morgan fingerprint density at radius 3 is 2.50 bits per heavy atom. The van der Waals surface area contributed by atoms with Crippen LogP contribution in [0, 0.1) is 13.8 Å². The molecular weight excluding hydrogens is 300 g/mol. The van der Waals surface area contributed by atoms with Crippen LogP contribution >= 0.6 is 0 Å². The van der Waals surface area contributed by atoms with Gasteiger partial charge in [0.1, 0.15) is 5.82 Å². The summed E-state index contributed by atoms with van der Waals surface area (Å²) in [6.07, 6.45) is 4.04. The minimum absolute atomic E-state index is 0.0872. The molecule has 2 aromatic heterocycles. The molecule has 0 fully saturated rings. The highest BCUT2D eigenvalue weighted by Crippen LogP contribution is 2.30. The molecule has 0 atom stereocenters. The normalized spacial score (nSPS) is 13.4. The topological polar surface area (TPSA) is 43.1 Å². The number of nitrogens with zero attached hydrogens (tertiary/aromatic N) is 4. The maximum absolute atomic E-state index is 11.7. The van der Waals surface area contributed by atoms with Crippen molar-refractivity contribution in [3.8, 4) is 11.5 Å². The second-order valence-electron chi connectivity index (χ2n) is 6.39. The summed E-state index contributed by atoms with van der Waals surface area (Å²) in [4.78, 5) is 13.6. The van der Waals surface area contributed by atoms with Gasteiger partial charge in [0, 0.05) is 24.9 Å². The molecule has 1 aromatic carbocycles. The molecule has 122 valence electrons. The van der Waals surface area contributed by atoms with Gasteiger partial charge >= 0.3 is 0 Å². The largest absolute Gasteiger partial charge is 0.332 e. The smallest absolute Gasteiger partial charge is 0.220 e. The van der Waals surface area contributed by atoms with E-state index >= 15 is 0 Å². The highest BCUT2D eigenvalue weighted by molar-refractivity contribution is 5.74. The molecule has 5 heteroatoms. The summed E-state index contributed by atoms with van der Waals surface area (Å²) < 4.78 is 4.07. The molecule has 24 heavy (non-hydrogen) atoms. The van der Waals surface area contributed by atoms with Crippen LogP contribution < -0.4 is 0 Å². The zero-order chi connectivity index (χ0) is 16.8. The quantitative estimate of drug-likeness (QED) is 0.728. The first-order valence-electron chi connectivity index (χ1n) is 8.12. The number of carbonyl (C=O) groups is 1. The van der Waals surface area contributed by atoms with E-state index in [0.717, 1.165) is 22.8 Å². The van der Waals surface area contributed by atoms with E-state index < -0.39 is 0 Å². The third-order valence-corrected chi connectivity index (χ3v) is 4.76. The van der Waals surface area contributed by atoms with Crippen LogP contribution in [0.5, 0.6) is 0 Å². The molecule has 4 rings (SSSR count). The summed E-state index contributed by atoms with van der Waals surface area (Å²) in [6.45, 7) is 7.03. The van der Waals surface area contributed by atoms with Gasteiger partial charge in [0.15, 0.2) is 0 Å². The van der Waals surface area contributed by atoms with Crippen molar-refractivity contribution in [2.75, 3.05) is 0 Å². The predicted molar refractivity (Wildman–Crippen MR) is 92.3 cm³/mol. The van der Waals surface area contributed by atoms with Crippen molar-refractivity contribution in [2.24, 2.45) is 0 Å². The lowest BCUT2D eigenvalue weighted by molar-refractivity contribution is -0.129. The predicted octanol–water partition coefficient (Wildman–Crippen LogP) is 3.14. The Balaban J connectivity index is 1.89. The first-order valence-corrected chi connectivity index (χ1v) is 8.12. The summed E-state index contributed by atoms with van der Waals surface area (Å²) in [5.74, 6) is 1.10. The van der Waals surface area contributed by atoms with Gasteiger partial charge in [-0.2, -0.15) is 5.10 Å². The molecule has 1 aliphatic rings. The van der Waals surface area contributed by atoms with Crippen LogP contribution in [0.4, 0.5) is 0 Å². The standard InChI is InChI=1S/C19H20N4O/c1-13-6-7-16(10-14(13)2)23-19(21-8-4-5-9-21)17-11-22(15(3)24)12-18(17)20-23/h4-10H,11-12H2,1-3H3. The molecule has 0 saturated heterocycles. The Hall–Kier alpha value is -2.82. The molecule has 5 nitrogen and oxygen atoms in total. The molecule has 3 heterocycles. The van der Waals surface area contributed by atoms with Crippen LogP contribution in [0.3, 0.4) is 0 Å². The van der Waals surface area contributed by atoms with E-state index in [2.05, 4.69) is 36.6 Å². The van der Waals surface area contributed by atoms with E-state index in [1.54, 1.807) is 6.92 Å². The maximum atomic E-state index is 11.7. The van der Waals surface area contributed by atoms with Gasteiger partial charge < -0.3 is 9.47 Å². The Morgan fingerprint density at radius 1 is 1.08 bits per heavy atom. The van der Waals surface area contributed by atoms with Gasteiger partial charge in [-0.15, -0.1) is 0 Å². The SMILES string of the molecule is CC(=O)N1Cc2nn(-c3ccc(C)c(C)c3)c(-n3cccc3)c2C1. The number of rotatable bonds is 2. The van der Waals surface area contributed by atoms with Gasteiger partial charge in [-0.3, -0.25) is 4.79 Å². The van der Waals surface area contributed by atoms with Crippen LogP contribution in [0.1, 0.15) is 29.3 Å². The van der Waals surface area contributed by atoms with E-state index in [9.17, 15) is 4.79 Å². The van der Waals surface area contributed by atoms with E-state index in [-0.39, 0.29) is 5.91 Å². The zero-order valence-corrected chi connectivity index (χ0v) is 14.2. The van der Waals surface area contributed by atoms with Gasteiger partial charge in [-0.1, -0.05) is 6.07 Å². The molecule has 0 spiro atoms. The molecule has 0 aliphatic carbocycles. The summed E-state index contributed by atoms with van der Waals surface area (Å²) in [5.41, 5.74) is 5.66. The van der Waals surface area contributed by atoms with Crippen LogP contribution in [0.15, 0.2) is 42.7 Å². The minimum Gasteiger partial charge on any atom is -0.332 e. The third kappa shape index (κ3) is 2.24. The third-order valence-electron chi connectivity index (χ3n) is 4.76. The number of benzene rings is 1. The molecule has 3 aromatic rings. The van der Waals surface area contributed by atoms with Crippen molar-refractivity contribution in [3.05, 3.63) is 65.1 Å². The fourth-order valence-corrected chi connectivity index (χ4v) is 3.20. The molecule has 1 aliphatic heterocycles. The number of aryl methyl sites for hydroxylation is 2. The fourth-order valence-electron chi connectivity index (χ4n) is 3.20. The van der Waals surface area contributed by atoms with Crippen LogP contribution in [-0.4, -0.2) is 25.2 Å². The molecule has 0 unspecified atom stereocenters. The summed E-state index contributed by atoms with van der Waals surface area (Å²) in [5, 5.41) is 4.82. The van der Waals surface area contributed by atoms with Crippen LogP contribution in [0.2, 0.25) is 0 Å². The maximum Gasteiger partial charge on any atom is 0.220 e. The first kappa shape index (κ1) is 14.8.